The van der Waals surface area contributed by atoms with E-state index in [0.717, 1.165) is 10.0 Å². The highest BCUT2D eigenvalue weighted by Gasteiger charge is 2.30. The second kappa shape index (κ2) is 8.08. The van der Waals surface area contributed by atoms with Crippen molar-refractivity contribution >= 4 is 21.8 Å². The summed E-state index contributed by atoms with van der Waals surface area (Å²) in [5, 5.41) is 2.73. The van der Waals surface area contributed by atoms with Crippen LogP contribution in [0.25, 0.3) is 0 Å². The largest absolute Gasteiger partial charge is 0.573 e. The van der Waals surface area contributed by atoms with Gasteiger partial charge in [-0.25, -0.2) is 0 Å². The van der Waals surface area contributed by atoms with Gasteiger partial charge >= 0.3 is 6.36 Å². The number of ether oxygens (including phenoxy) is 3. The zero-order valence-electron chi connectivity index (χ0n) is 13.9. The molecule has 9 heteroatoms. The van der Waals surface area contributed by atoms with Crippen LogP contribution < -0.4 is 19.5 Å². The topological polar surface area (TPSA) is 56.8 Å². The van der Waals surface area contributed by atoms with Gasteiger partial charge in [-0.3, -0.25) is 4.79 Å². The van der Waals surface area contributed by atoms with Gasteiger partial charge < -0.3 is 19.5 Å². The summed E-state index contributed by atoms with van der Waals surface area (Å²) in [4.78, 5) is 12.2. The van der Waals surface area contributed by atoms with Crippen LogP contribution in [-0.2, 0) is 17.8 Å². The maximum Gasteiger partial charge on any atom is 0.573 e. The summed E-state index contributed by atoms with van der Waals surface area (Å²) in [5.41, 5.74) is 1.39. The molecule has 144 valence electrons. The lowest BCUT2D eigenvalue weighted by atomic mass is 10.1. The van der Waals surface area contributed by atoms with Crippen molar-refractivity contribution in [3.8, 4) is 17.2 Å². The van der Waals surface area contributed by atoms with Crippen LogP contribution in [0.1, 0.15) is 11.1 Å². The minimum absolute atomic E-state index is 0.118. The van der Waals surface area contributed by atoms with Gasteiger partial charge in [0.05, 0.1) is 6.42 Å². The van der Waals surface area contributed by atoms with Gasteiger partial charge in [0.15, 0.2) is 11.5 Å². The first-order valence-corrected chi connectivity index (χ1v) is 8.79. The molecule has 0 fully saturated rings. The Morgan fingerprint density at radius 3 is 2.37 bits per heavy atom. The summed E-state index contributed by atoms with van der Waals surface area (Å²) < 4.78 is 51.9. The molecule has 1 amide bonds. The molecule has 27 heavy (non-hydrogen) atoms. The Balaban J connectivity index is 1.55. The molecule has 0 saturated heterocycles. The molecule has 0 unspecified atom stereocenters. The summed E-state index contributed by atoms with van der Waals surface area (Å²) >= 11 is 3.41. The quantitative estimate of drug-likeness (QED) is 0.756. The molecule has 0 radical (unpaired) electrons. The zero-order chi connectivity index (χ0) is 19.4. The molecule has 0 atom stereocenters. The van der Waals surface area contributed by atoms with Gasteiger partial charge in [-0.2, -0.15) is 0 Å². The van der Waals surface area contributed by atoms with E-state index in [1.807, 2.05) is 0 Å². The van der Waals surface area contributed by atoms with Gasteiger partial charge in [0, 0.05) is 11.0 Å². The first-order valence-electron chi connectivity index (χ1n) is 7.99. The third-order valence-corrected chi connectivity index (χ3v) is 4.45. The molecule has 2 aromatic rings. The molecule has 1 aliphatic heterocycles. The summed E-state index contributed by atoms with van der Waals surface area (Å²) in [6.45, 7) is 1.12. The number of rotatable bonds is 5. The number of fused-ring (bicyclic) bond motifs is 1. The SMILES string of the molecule is O=C(Cc1cc2c(cc1Br)OCCO2)NCc1ccc(OC(F)(F)F)cc1. The number of nitrogens with one attached hydrogen (secondary N) is 1. The number of carbonyl (C=O) groups is 1. The van der Waals surface area contributed by atoms with Crippen molar-refractivity contribution in [2.24, 2.45) is 0 Å². The van der Waals surface area contributed by atoms with Crippen LogP contribution in [0.4, 0.5) is 13.2 Å². The Bertz CT molecular complexity index is 825. The molecular weight excluding hydrogens is 431 g/mol. The maximum absolute atomic E-state index is 12.2. The molecule has 5 nitrogen and oxygen atoms in total. The van der Waals surface area contributed by atoms with Crippen LogP contribution in [0.2, 0.25) is 0 Å². The fraction of sp³-hybridized carbons (Fsp3) is 0.278. The molecule has 1 N–H and O–H groups in total. The van der Waals surface area contributed by atoms with Gasteiger partial charge in [-0.05, 0) is 35.4 Å². The average Bonchev–Trinajstić information content (AvgIpc) is 2.60. The van der Waals surface area contributed by atoms with Crippen LogP contribution in [0.5, 0.6) is 17.2 Å². The van der Waals surface area contributed by atoms with Crippen molar-refractivity contribution in [3.63, 3.8) is 0 Å². The minimum Gasteiger partial charge on any atom is -0.486 e. The number of hydrogen-bond acceptors (Lipinski definition) is 4. The average molecular weight is 446 g/mol. The van der Waals surface area contributed by atoms with Gasteiger partial charge in [0.1, 0.15) is 19.0 Å². The van der Waals surface area contributed by atoms with E-state index in [0.29, 0.717) is 30.3 Å². The second-order valence-electron chi connectivity index (χ2n) is 5.73. The van der Waals surface area contributed by atoms with Gasteiger partial charge in [-0.1, -0.05) is 28.1 Å². The standard InChI is InChI=1S/C18H15BrF3NO4/c19-14-9-16-15(25-5-6-26-16)7-12(14)8-17(24)23-10-11-1-3-13(4-2-11)27-18(20,21)22/h1-4,7,9H,5-6,8,10H2,(H,23,24). The van der Waals surface area contributed by atoms with Gasteiger partial charge in [0.2, 0.25) is 5.91 Å². The first kappa shape index (κ1) is 19.3. The number of hydrogen-bond donors (Lipinski definition) is 1. The molecule has 1 heterocycles. The number of alkyl halides is 3. The fourth-order valence-corrected chi connectivity index (χ4v) is 2.95. The van der Waals surface area contributed by atoms with Crippen LogP contribution in [0, 0.1) is 0 Å². The first-order chi connectivity index (χ1) is 12.8. The van der Waals surface area contributed by atoms with E-state index in [9.17, 15) is 18.0 Å². The summed E-state index contributed by atoms with van der Waals surface area (Å²) in [7, 11) is 0. The smallest absolute Gasteiger partial charge is 0.486 e. The van der Waals surface area contributed by atoms with E-state index in [1.54, 1.807) is 12.1 Å². The molecule has 3 rings (SSSR count). The molecular formula is C18H15BrF3NO4. The monoisotopic (exact) mass is 445 g/mol. The highest BCUT2D eigenvalue weighted by Crippen LogP contribution is 2.35. The molecule has 0 saturated carbocycles. The van der Waals surface area contributed by atoms with Crippen LogP contribution in [-0.4, -0.2) is 25.5 Å². The molecule has 0 spiro atoms. The van der Waals surface area contributed by atoms with E-state index in [2.05, 4.69) is 26.0 Å². The number of amides is 1. The van der Waals surface area contributed by atoms with Gasteiger partial charge in [0.25, 0.3) is 0 Å². The molecule has 1 aliphatic rings. The summed E-state index contributed by atoms with van der Waals surface area (Å²) in [5.74, 6) is 0.673. The van der Waals surface area contributed by atoms with Crippen LogP contribution >= 0.6 is 15.9 Å². The Morgan fingerprint density at radius 2 is 1.74 bits per heavy atom. The normalized spacial score (nSPS) is 13.2. The van der Waals surface area contributed by atoms with Crippen molar-refractivity contribution in [2.75, 3.05) is 13.2 Å². The van der Waals surface area contributed by atoms with E-state index in [1.165, 1.54) is 24.3 Å². The molecule has 2 aromatic carbocycles. The number of carbonyl (C=O) groups excluding carboxylic acids is 1. The van der Waals surface area contributed by atoms with E-state index in [4.69, 9.17) is 9.47 Å². The fourth-order valence-electron chi connectivity index (χ4n) is 2.49. The highest BCUT2D eigenvalue weighted by atomic mass is 79.9. The van der Waals surface area contributed by atoms with Crippen LogP contribution in [0.15, 0.2) is 40.9 Å². The Kier molecular flexibility index (Phi) is 5.79. The van der Waals surface area contributed by atoms with E-state index >= 15 is 0 Å². The Morgan fingerprint density at radius 1 is 1.11 bits per heavy atom. The van der Waals surface area contributed by atoms with Crippen molar-refractivity contribution in [1.29, 1.82) is 0 Å². The van der Waals surface area contributed by atoms with Crippen molar-refractivity contribution < 1.29 is 32.2 Å². The van der Waals surface area contributed by atoms with E-state index in [-0.39, 0.29) is 24.6 Å². The predicted octanol–water partition coefficient (Wildman–Crippen LogP) is 3.98. The van der Waals surface area contributed by atoms with Gasteiger partial charge in [-0.15, -0.1) is 13.2 Å². The Hall–Kier alpha value is -2.42. The highest BCUT2D eigenvalue weighted by molar-refractivity contribution is 9.10. The van der Waals surface area contributed by atoms with Crippen molar-refractivity contribution in [3.05, 3.63) is 52.0 Å². The summed E-state index contributed by atoms with van der Waals surface area (Å²) in [6, 6.07) is 8.83. The predicted molar refractivity (Wildman–Crippen MR) is 93.8 cm³/mol. The van der Waals surface area contributed by atoms with E-state index < -0.39 is 6.36 Å². The maximum atomic E-state index is 12.2. The molecule has 0 aromatic heterocycles. The van der Waals surface area contributed by atoms with Crippen LogP contribution in [0.3, 0.4) is 0 Å². The van der Waals surface area contributed by atoms with Crippen molar-refractivity contribution in [1.82, 2.24) is 5.32 Å². The molecule has 0 bridgehead atoms. The lowest BCUT2D eigenvalue weighted by Crippen LogP contribution is -2.25. The Labute approximate surface area is 161 Å². The third kappa shape index (κ3) is 5.53. The zero-order valence-corrected chi connectivity index (χ0v) is 15.5. The number of benzene rings is 2. The molecule has 0 aliphatic carbocycles. The minimum atomic E-state index is -4.73. The third-order valence-electron chi connectivity index (χ3n) is 3.71. The lowest BCUT2D eigenvalue weighted by Gasteiger charge is -2.19. The summed E-state index contributed by atoms with van der Waals surface area (Å²) in [6.07, 6.45) is -4.61. The lowest BCUT2D eigenvalue weighted by molar-refractivity contribution is -0.274. The second-order valence-corrected chi connectivity index (χ2v) is 6.59. The van der Waals surface area contributed by atoms with Crippen molar-refractivity contribution in [2.45, 2.75) is 19.3 Å². The number of halogens is 4.